The average molecular weight is 341 g/mol. The number of benzene rings is 1. The minimum atomic E-state index is -3.77. The Morgan fingerprint density at radius 1 is 1.50 bits per heavy atom. The maximum Gasteiger partial charge on any atom is 0.243 e. The van der Waals surface area contributed by atoms with Crippen molar-refractivity contribution in [3.63, 3.8) is 0 Å². The highest BCUT2D eigenvalue weighted by molar-refractivity contribution is 7.98. The van der Waals surface area contributed by atoms with E-state index in [-0.39, 0.29) is 28.1 Å². The lowest BCUT2D eigenvalue weighted by Crippen LogP contribution is -2.36. The van der Waals surface area contributed by atoms with Gasteiger partial charge >= 0.3 is 0 Å². The minimum Gasteiger partial charge on any atom is -0.326 e. The molecule has 0 bridgehead atoms. The van der Waals surface area contributed by atoms with Crippen LogP contribution in [0.2, 0.25) is 5.02 Å². The molecule has 0 amide bonds. The van der Waals surface area contributed by atoms with Crippen molar-refractivity contribution in [3.8, 4) is 0 Å². The van der Waals surface area contributed by atoms with Crippen LogP contribution in [0.25, 0.3) is 0 Å². The molecule has 0 radical (unpaired) electrons. The minimum absolute atomic E-state index is 0.0246. The van der Waals surface area contributed by atoms with E-state index in [1.54, 1.807) is 18.7 Å². The van der Waals surface area contributed by atoms with Crippen molar-refractivity contribution in [1.82, 2.24) is 4.31 Å². The van der Waals surface area contributed by atoms with Gasteiger partial charge in [-0.15, -0.1) is 0 Å². The van der Waals surface area contributed by atoms with E-state index < -0.39 is 15.8 Å². The Morgan fingerprint density at radius 2 is 2.10 bits per heavy atom. The van der Waals surface area contributed by atoms with Crippen LogP contribution < -0.4 is 5.73 Å². The Balaban J connectivity index is 3.25. The number of nitrogens with two attached hydrogens (primary N) is 1. The molecular weight excluding hydrogens is 323 g/mol. The van der Waals surface area contributed by atoms with E-state index in [0.29, 0.717) is 5.75 Å². The van der Waals surface area contributed by atoms with Gasteiger partial charge in [0.1, 0.15) is 5.82 Å². The molecule has 1 aromatic carbocycles. The predicted molar refractivity (Wildman–Crippen MR) is 82.1 cm³/mol. The van der Waals surface area contributed by atoms with Gasteiger partial charge < -0.3 is 5.73 Å². The summed E-state index contributed by atoms with van der Waals surface area (Å²) in [5.74, 6) is -0.130. The number of rotatable bonds is 6. The normalized spacial score (nSPS) is 13.8. The maximum atomic E-state index is 13.7. The molecule has 0 saturated carbocycles. The molecule has 114 valence electrons. The summed E-state index contributed by atoms with van der Waals surface area (Å²) in [6.07, 6.45) is 1.89. The van der Waals surface area contributed by atoms with Crippen molar-refractivity contribution in [1.29, 1.82) is 0 Å². The third kappa shape index (κ3) is 3.65. The van der Waals surface area contributed by atoms with E-state index in [0.717, 1.165) is 6.07 Å². The third-order valence-electron chi connectivity index (χ3n) is 3.00. The molecule has 20 heavy (non-hydrogen) atoms. The molecular formula is C12H18ClFN2O2S2. The molecule has 4 nitrogen and oxygen atoms in total. The fourth-order valence-electron chi connectivity index (χ4n) is 1.67. The van der Waals surface area contributed by atoms with E-state index in [9.17, 15) is 12.8 Å². The molecule has 0 fully saturated rings. The van der Waals surface area contributed by atoms with Crippen LogP contribution in [0.5, 0.6) is 0 Å². The number of halogens is 2. The Hall–Kier alpha value is -0.340. The summed E-state index contributed by atoms with van der Waals surface area (Å²) in [7, 11) is -2.29. The van der Waals surface area contributed by atoms with Crippen molar-refractivity contribution < 1.29 is 12.8 Å². The van der Waals surface area contributed by atoms with Gasteiger partial charge in [0.05, 0.1) is 9.92 Å². The molecule has 0 heterocycles. The van der Waals surface area contributed by atoms with E-state index >= 15 is 0 Å². The number of hydrogen-bond acceptors (Lipinski definition) is 4. The first-order chi connectivity index (χ1) is 9.25. The van der Waals surface area contributed by atoms with Crippen LogP contribution in [-0.2, 0) is 16.6 Å². The van der Waals surface area contributed by atoms with Crippen LogP contribution in [0.15, 0.2) is 17.0 Å². The van der Waals surface area contributed by atoms with Crippen molar-refractivity contribution >= 4 is 33.4 Å². The quantitative estimate of drug-likeness (QED) is 0.863. The van der Waals surface area contributed by atoms with Crippen LogP contribution in [-0.4, -0.2) is 37.8 Å². The number of hydrogen-bond donors (Lipinski definition) is 1. The first kappa shape index (κ1) is 17.7. The molecule has 0 aliphatic carbocycles. The molecule has 2 N–H and O–H groups in total. The molecule has 0 aliphatic heterocycles. The lowest BCUT2D eigenvalue weighted by molar-refractivity contribution is 0.414. The van der Waals surface area contributed by atoms with Crippen molar-refractivity contribution in [2.24, 2.45) is 5.73 Å². The van der Waals surface area contributed by atoms with E-state index in [1.807, 2.05) is 6.26 Å². The monoisotopic (exact) mass is 340 g/mol. The van der Waals surface area contributed by atoms with E-state index in [1.165, 1.54) is 17.4 Å². The molecule has 0 aliphatic rings. The largest absolute Gasteiger partial charge is 0.326 e. The van der Waals surface area contributed by atoms with Gasteiger partial charge in [-0.05, 0) is 30.9 Å². The fourth-order valence-corrected chi connectivity index (χ4v) is 4.08. The molecule has 1 atom stereocenters. The average Bonchev–Trinajstić information content (AvgIpc) is 2.40. The molecule has 0 spiro atoms. The number of thioether (sulfide) groups is 1. The summed E-state index contributed by atoms with van der Waals surface area (Å²) >= 11 is 7.28. The summed E-state index contributed by atoms with van der Waals surface area (Å²) in [6.45, 7) is 1.77. The van der Waals surface area contributed by atoms with Gasteiger partial charge in [-0.1, -0.05) is 11.6 Å². The smallest absolute Gasteiger partial charge is 0.243 e. The third-order valence-corrected chi connectivity index (χ3v) is 6.19. The van der Waals surface area contributed by atoms with Crippen LogP contribution in [0.4, 0.5) is 4.39 Å². The molecule has 1 aromatic rings. The van der Waals surface area contributed by atoms with Crippen molar-refractivity contribution in [2.75, 3.05) is 19.1 Å². The molecule has 1 unspecified atom stereocenters. The molecule has 0 saturated heterocycles. The zero-order valence-corrected chi connectivity index (χ0v) is 13.9. The first-order valence-electron chi connectivity index (χ1n) is 5.90. The second-order valence-electron chi connectivity index (χ2n) is 4.41. The second kappa shape index (κ2) is 7.09. The fraction of sp³-hybridized carbons (Fsp3) is 0.500. The van der Waals surface area contributed by atoms with Crippen LogP contribution in [0.1, 0.15) is 12.5 Å². The van der Waals surface area contributed by atoms with Gasteiger partial charge in [-0.25, -0.2) is 12.8 Å². The highest BCUT2D eigenvalue weighted by atomic mass is 35.5. The van der Waals surface area contributed by atoms with Gasteiger partial charge in [0, 0.05) is 25.4 Å². The Kier molecular flexibility index (Phi) is 6.27. The highest BCUT2D eigenvalue weighted by Crippen LogP contribution is 2.26. The van der Waals surface area contributed by atoms with Gasteiger partial charge in [0.25, 0.3) is 0 Å². The predicted octanol–water partition coefficient (Wildman–Crippen LogP) is 2.31. The summed E-state index contributed by atoms with van der Waals surface area (Å²) in [5.41, 5.74) is 5.73. The molecule has 0 aromatic heterocycles. The summed E-state index contributed by atoms with van der Waals surface area (Å²) in [6, 6.07) is 2.05. The van der Waals surface area contributed by atoms with Gasteiger partial charge in [-0.3, -0.25) is 0 Å². The molecule has 1 rings (SSSR count). The number of sulfonamides is 1. The van der Waals surface area contributed by atoms with Crippen molar-refractivity contribution in [3.05, 3.63) is 28.5 Å². The Morgan fingerprint density at radius 3 is 2.60 bits per heavy atom. The van der Waals surface area contributed by atoms with Crippen LogP contribution >= 0.6 is 23.4 Å². The highest BCUT2D eigenvalue weighted by Gasteiger charge is 2.26. The van der Waals surface area contributed by atoms with Gasteiger partial charge in [0.15, 0.2) is 0 Å². The van der Waals surface area contributed by atoms with Crippen LogP contribution in [0, 0.1) is 5.82 Å². The van der Waals surface area contributed by atoms with Crippen molar-refractivity contribution in [2.45, 2.75) is 24.4 Å². The first-order valence-corrected chi connectivity index (χ1v) is 9.11. The van der Waals surface area contributed by atoms with Gasteiger partial charge in [-0.2, -0.15) is 16.1 Å². The summed E-state index contributed by atoms with van der Waals surface area (Å²) in [4.78, 5) is -0.129. The lowest BCUT2D eigenvalue weighted by atomic mass is 10.2. The topological polar surface area (TPSA) is 63.4 Å². The number of nitrogens with zero attached hydrogens (tertiary/aromatic N) is 1. The van der Waals surface area contributed by atoms with E-state index in [4.69, 9.17) is 17.3 Å². The zero-order valence-electron chi connectivity index (χ0n) is 11.6. The second-order valence-corrected chi connectivity index (χ2v) is 7.69. The Labute approximate surface area is 128 Å². The summed E-state index contributed by atoms with van der Waals surface area (Å²) < 4.78 is 39.8. The summed E-state index contributed by atoms with van der Waals surface area (Å²) in [5, 5.41) is -0.133. The lowest BCUT2D eigenvalue weighted by Gasteiger charge is -2.24. The zero-order chi connectivity index (χ0) is 15.5. The maximum absolute atomic E-state index is 13.7. The Bertz CT molecular complexity index is 581. The standard InChI is InChI=1S/C12H18ClFN2O2S2/c1-8(7-19-3)16(2)20(17,18)10-4-9(6-15)12(13)11(14)5-10/h4-5,8H,6-7,15H2,1-3H3. The SMILES string of the molecule is CSCC(C)N(C)S(=O)(=O)c1cc(F)c(Cl)c(CN)c1. The van der Waals surface area contributed by atoms with E-state index in [2.05, 4.69) is 0 Å². The molecule has 8 heteroatoms. The van der Waals surface area contributed by atoms with Crippen LogP contribution in [0.3, 0.4) is 0 Å². The van der Waals surface area contributed by atoms with Gasteiger partial charge in [0.2, 0.25) is 10.0 Å².